The Morgan fingerprint density at radius 3 is 2.00 bits per heavy atom. The highest BCUT2D eigenvalue weighted by molar-refractivity contribution is 5.93. The molecule has 24 heavy (non-hydrogen) atoms. The monoisotopic (exact) mass is 423 g/mol. The Hall–Kier alpha value is -2.20. The molecule has 0 fully saturated rings. The summed E-state index contributed by atoms with van der Waals surface area (Å²) in [5, 5.41) is 1.28. The molecule has 1 heterocycles. The van der Waals surface area contributed by atoms with E-state index in [1.165, 1.54) is 33.2 Å². The number of nitrogens with zero attached hydrogens (tertiary/aromatic N) is 1. The maximum absolute atomic E-state index is 2.21. The van der Waals surface area contributed by atoms with Crippen LogP contribution in [0.5, 0.6) is 0 Å². The minimum Gasteiger partial charge on any atom is -1.00 e. The first-order chi connectivity index (χ1) is 11.3. The Kier molecular flexibility index (Phi) is 4.95. The van der Waals surface area contributed by atoms with E-state index in [0.717, 1.165) is 0 Å². The van der Waals surface area contributed by atoms with Gasteiger partial charge in [0.15, 0.2) is 6.20 Å². The van der Waals surface area contributed by atoms with Gasteiger partial charge in [0.05, 0.1) is 5.39 Å². The Labute approximate surface area is 159 Å². The summed E-state index contributed by atoms with van der Waals surface area (Å²) in [5.41, 5.74) is 6.28. The van der Waals surface area contributed by atoms with Crippen molar-refractivity contribution < 1.29 is 28.5 Å². The van der Waals surface area contributed by atoms with E-state index in [-0.39, 0.29) is 24.0 Å². The molecule has 0 spiro atoms. The van der Waals surface area contributed by atoms with Gasteiger partial charge in [-0.3, -0.25) is 0 Å². The molecular weight excluding hydrogens is 405 g/mol. The highest BCUT2D eigenvalue weighted by Gasteiger charge is 2.09. The van der Waals surface area contributed by atoms with Crippen molar-refractivity contribution in [1.29, 1.82) is 0 Å². The van der Waals surface area contributed by atoms with E-state index in [0.29, 0.717) is 0 Å². The topological polar surface area (TPSA) is 3.88 Å². The average Bonchev–Trinajstić information content (AvgIpc) is 2.63. The SMILES string of the molecule is C[n+]1cccc2c(-c3ccc(-c4ccccc4)cc3)cccc21.[I-]. The Bertz CT molecular complexity index is 960. The van der Waals surface area contributed by atoms with Gasteiger partial charge in [0.2, 0.25) is 5.52 Å². The van der Waals surface area contributed by atoms with E-state index in [9.17, 15) is 0 Å². The predicted molar refractivity (Wildman–Crippen MR) is 96.0 cm³/mol. The number of benzene rings is 3. The zero-order chi connectivity index (χ0) is 15.6. The van der Waals surface area contributed by atoms with E-state index >= 15 is 0 Å². The number of pyridine rings is 1. The van der Waals surface area contributed by atoms with Gasteiger partial charge in [-0.25, -0.2) is 4.57 Å². The number of fused-ring (bicyclic) bond motifs is 1. The number of halogens is 1. The second-order valence-electron chi connectivity index (χ2n) is 5.80. The van der Waals surface area contributed by atoms with Gasteiger partial charge in [0, 0.05) is 12.1 Å². The fraction of sp³-hybridized carbons (Fsp3) is 0.0455. The molecule has 0 saturated heterocycles. The minimum atomic E-state index is 0. The quantitative estimate of drug-likeness (QED) is 0.343. The van der Waals surface area contributed by atoms with Gasteiger partial charge in [0.25, 0.3) is 0 Å². The van der Waals surface area contributed by atoms with Crippen LogP contribution >= 0.6 is 0 Å². The zero-order valence-electron chi connectivity index (χ0n) is 13.5. The molecular formula is C22H18IN. The van der Waals surface area contributed by atoms with E-state index in [2.05, 4.69) is 96.7 Å². The van der Waals surface area contributed by atoms with Crippen molar-refractivity contribution in [3.8, 4) is 22.3 Å². The Morgan fingerprint density at radius 1 is 0.583 bits per heavy atom. The molecule has 0 atom stereocenters. The van der Waals surface area contributed by atoms with Gasteiger partial charge in [-0.2, -0.15) is 0 Å². The zero-order valence-corrected chi connectivity index (χ0v) is 15.6. The van der Waals surface area contributed by atoms with Crippen LogP contribution in [-0.4, -0.2) is 0 Å². The summed E-state index contributed by atoms with van der Waals surface area (Å²) in [6.45, 7) is 0. The maximum Gasteiger partial charge on any atom is 0.212 e. The van der Waals surface area contributed by atoms with Crippen LogP contribution in [-0.2, 0) is 7.05 Å². The third kappa shape index (κ3) is 3.06. The molecule has 0 aliphatic heterocycles. The van der Waals surface area contributed by atoms with Crippen LogP contribution in [0.4, 0.5) is 0 Å². The number of hydrogen-bond acceptors (Lipinski definition) is 0. The van der Waals surface area contributed by atoms with Crippen molar-refractivity contribution in [2.24, 2.45) is 7.05 Å². The molecule has 4 rings (SSSR count). The van der Waals surface area contributed by atoms with E-state index in [4.69, 9.17) is 0 Å². The Morgan fingerprint density at radius 2 is 1.25 bits per heavy atom. The summed E-state index contributed by atoms with van der Waals surface area (Å²) in [7, 11) is 2.09. The molecule has 0 unspecified atom stereocenters. The van der Waals surface area contributed by atoms with Gasteiger partial charge in [-0.05, 0) is 28.3 Å². The van der Waals surface area contributed by atoms with Gasteiger partial charge in [-0.1, -0.05) is 66.7 Å². The summed E-state index contributed by atoms with van der Waals surface area (Å²) in [6, 6.07) is 30.1. The van der Waals surface area contributed by atoms with E-state index in [1.807, 2.05) is 6.07 Å². The lowest BCUT2D eigenvalue weighted by Gasteiger charge is -2.07. The molecule has 118 valence electrons. The fourth-order valence-electron chi connectivity index (χ4n) is 3.11. The molecule has 0 aliphatic carbocycles. The van der Waals surface area contributed by atoms with Crippen molar-refractivity contribution >= 4 is 10.9 Å². The van der Waals surface area contributed by atoms with Crippen molar-refractivity contribution in [3.05, 3.63) is 91.1 Å². The highest BCUT2D eigenvalue weighted by Crippen LogP contribution is 2.29. The van der Waals surface area contributed by atoms with E-state index in [1.54, 1.807) is 0 Å². The van der Waals surface area contributed by atoms with Crippen molar-refractivity contribution in [1.82, 2.24) is 0 Å². The lowest BCUT2D eigenvalue weighted by Crippen LogP contribution is -3.00. The third-order valence-electron chi connectivity index (χ3n) is 4.34. The van der Waals surface area contributed by atoms with Gasteiger partial charge >= 0.3 is 0 Å². The second kappa shape index (κ2) is 7.14. The normalized spacial score (nSPS) is 10.4. The molecule has 4 aromatic rings. The number of aryl methyl sites for hydroxylation is 1. The molecule has 0 radical (unpaired) electrons. The van der Waals surface area contributed by atoms with Gasteiger partial charge in [0.1, 0.15) is 7.05 Å². The van der Waals surface area contributed by atoms with Crippen LogP contribution in [0.1, 0.15) is 0 Å². The molecule has 0 saturated carbocycles. The predicted octanol–water partition coefficient (Wildman–Crippen LogP) is 2.00. The molecule has 0 N–H and O–H groups in total. The highest BCUT2D eigenvalue weighted by atomic mass is 127. The third-order valence-corrected chi connectivity index (χ3v) is 4.34. The summed E-state index contributed by atoms with van der Waals surface area (Å²) in [4.78, 5) is 0. The lowest BCUT2D eigenvalue weighted by atomic mass is 9.97. The first kappa shape index (κ1) is 16.7. The summed E-state index contributed by atoms with van der Waals surface area (Å²) >= 11 is 0. The second-order valence-corrected chi connectivity index (χ2v) is 5.80. The van der Waals surface area contributed by atoms with Crippen LogP contribution in [0.15, 0.2) is 91.1 Å². The number of hydrogen-bond donors (Lipinski definition) is 0. The first-order valence-electron chi connectivity index (χ1n) is 7.86. The molecule has 0 amide bonds. The summed E-state index contributed by atoms with van der Waals surface area (Å²) in [6.07, 6.45) is 2.09. The minimum absolute atomic E-state index is 0. The number of rotatable bonds is 2. The van der Waals surface area contributed by atoms with Crippen LogP contribution in [0.2, 0.25) is 0 Å². The first-order valence-corrected chi connectivity index (χ1v) is 7.86. The maximum atomic E-state index is 2.21. The van der Waals surface area contributed by atoms with Gasteiger partial charge < -0.3 is 24.0 Å². The van der Waals surface area contributed by atoms with Crippen LogP contribution in [0, 0.1) is 0 Å². The molecule has 3 aromatic carbocycles. The Balaban J connectivity index is 0.00000169. The average molecular weight is 423 g/mol. The van der Waals surface area contributed by atoms with Crippen molar-refractivity contribution in [3.63, 3.8) is 0 Å². The summed E-state index contributed by atoms with van der Waals surface area (Å²) in [5.74, 6) is 0. The number of aromatic nitrogens is 1. The molecule has 2 heteroatoms. The van der Waals surface area contributed by atoms with Crippen molar-refractivity contribution in [2.45, 2.75) is 0 Å². The van der Waals surface area contributed by atoms with Crippen LogP contribution in [0.25, 0.3) is 33.2 Å². The van der Waals surface area contributed by atoms with Gasteiger partial charge in [-0.15, -0.1) is 0 Å². The van der Waals surface area contributed by atoms with Crippen LogP contribution < -0.4 is 28.5 Å². The molecule has 1 aromatic heterocycles. The van der Waals surface area contributed by atoms with Crippen molar-refractivity contribution in [2.75, 3.05) is 0 Å². The largest absolute Gasteiger partial charge is 1.00 e. The molecule has 0 aliphatic rings. The lowest BCUT2D eigenvalue weighted by molar-refractivity contribution is -0.644. The molecule has 0 bridgehead atoms. The fourth-order valence-corrected chi connectivity index (χ4v) is 3.11. The smallest absolute Gasteiger partial charge is 0.212 e. The standard InChI is InChI=1S/C22H18N.HI/c1-23-16-6-10-21-20(9-5-11-22(21)23)19-14-12-18(13-15-19)17-7-3-2-4-8-17;/h2-16H,1H3;1H/q+1;/p-1. The summed E-state index contributed by atoms with van der Waals surface area (Å²) < 4.78 is 2.16. The van der Waals surface area contributed by atoms with E-state index < -0.39 is 0 Å². The van der Waals surface area contributed by atoms with Crippen LogP contribution in [0.3, 0.4) is 0 Å². The molecule has 1 nitrogen and oxygen atoms in total.